The van der Waals surface area contributed by atoms with Gasteiger partial charge in [-0.2, -0.15) is 0 Å². The standard InChI is InChI=1S/C14H20O3/c1-12(2)7-8-6-9(15)14(4-5-14)13(3,17)10(8)11(12)16/h8,10,17H,4-7H2,1-3H3/t8-,10+,13+/m1/s1. The Bertz CT molecular complexity index is 415. The average Bonchev–Trinajstić information content (AvgIpc) is 2.91. The van der Waals surface area contributed by atoms with Crippen molar-refractivity contribution in [1.82, 2.24) is 0 Å². The Kier molecular flexibility index (Phi) is 1.89. The fraction of sp³-hybridized carbons (Fsp3) is 0.857. The fourth-order valence-electron chi connectivity index (χ4n) is 4.34. The third kappa shape index (κ3) is 1.16. The summed E-state index contributed by atoms with van der Waals surface area (Å²) in [6.07, 6.45) is 2.76. The van der Waals surface area contributed by atoms with Crippen LogP contribution in [0.15, 0.2) is 0 Å². The maximum Gasteiger partial charge on any atom is 0.144 e. The number of aliphatic hydroxyl groups is 1. The number of ketones is 2. The first-order valence-electron chi connectivity index (χ1n) is 6.52. The van der Waals surface area contributed by atoms with Gasteiger partial charge in [0.1, 0.15) is 11.6 Å². The Hall–Kier alpha value is -0.700. The van der Waals surface area contributed by atoms with Crippen molar-refractivity contribution in [3.05, 3.63) is 0 Å². The Morgan fingerprint density at radius 3 is 2.29 bits per heavy atom. The summed E-state index contributed by atoms with van der Waals surface area (Å²) < 4.78 is 0. The first-order chi connectivity index (χ1) is 7.72. The van der Waals surface area contributed by atoms with Crippen molar-refractivity contribution >= 4 is 11.6 Å². The molecule has 1 N–H and O–H groups in total. The Morgan fingerprint density at radius 2 is 1.76 bits per heavy atom. The van der Waals surface area contributed by atoms with E-state index in [0.717, 1.165) is 19.3 Å². The second-order valence-electron chi connectivity index (χ2n) is 7.05. The molecule has 0 aliphatic heterocycles. The Morgan fingerprint density at radius 1 is 1.18 bits per heavy atom. The van der Waals surface area contributed by atoms with Crippen molar-refractivity contribution in [2.75, 3.05) is 0 Å². The van der Waals surface area contributed by atoms with E-state index in [1.807, 2.05) is 13.8 Å². The molecule has 0 aromatic carbocycles. The summed E-state index contributed by atoms with van der Waals surface area (Å²) in [5.74, 6) is 0.0875. The van der Waals surface area contributed by atoms with E-state index in [4.69, 9.17) is 0 Å². The monoisotopic (exact) mass is 236 g/mol. The third-order valence-electron chi connectivity index (χ3n) is 5.50. The molecule has 3 aliphatic rings. The van der Waals surface area contributed by atoms with Gasteiger partial charge >= 0.3 is 0 Å². The summed E-state index contributed by atoms with van der Waals surface area (Å²) >= 11 is 0. The van der Waals surface area contributed by atoms with Gasteiger partial charge in [-0.3, -0.25) is 9.59 Å². The van der Waals surface area contributed by atoms with Gasteiger partial charge in [-0.15, -0.1) is 0 Å². The zero-order chi connectivity index (χ0) is 12.6. The van der Waals surface area contributed by atoms with Crippen molar-refractivity contribution in [1.29, 1.82) is 0 Å². The molecule has 3 heteroatoms. The molecule has 3 nitrogen and oxygen atoms in total. The van der Waals surface area contributed by atoms with Crippen molar-refractivity contribution < 1.29 is 14.7 Å². The summed E-state index contributed by atoms with van der Waals surface area (Å²) in [5, 5.41) is 10.8. The zero-order valence-electron chi connectivity index (χ0n) is 10.7. The molecule has 0 bridgehead atoms. The van der Waals surface area contributed by atoms with Gasteiger partial charge in [-0.25, -0.2) is 0 Å². The molecular formula is C14H20O3. The van der Waals surface area contributed by atoms with Gasteiger partial charge in [-0.1, -0.05) is 13.8 Å². The van der Waals surface area contributed by atoms with Crippen LogP contribution in [-0.2, 0) is 9.59 Å². The largest absolute Gasteiger partial charge is 0.388 e. The van der Waals surface area contributed by atoms with Gasteiger partial charge in [-0.05, 0) is 32.1 Å². The second-order valence-corrected chi connectivity index (χ2v) is 7.05. The van der Waals surface area contributed by atoms with E-state index < -0.39 is 11.0 Å². The number of carbonyl (C=O) groups excluding carboxylic acids is 2. The van der Waals surface area contributed by atoms with Gasteiger partial charge < -0.3 is 5.11 Å². The van der Waals surface area contributed by atoms with E-state index in [1.165, 1.54) is 0 Å². The highest BCUT2D eigenvalue weighted by atomic mass is 16.3. The van der Waals surface area contributed by atoms with Gasteiger partial charge in [0.25, 0.3) is 0 Å². The maximum atomic E-state index is 12.4. The Balaban J connectivity index is 2.06. The van der Waals surface area contributed by atoms with E-state index in [1.54, 1.807) is 6.92 Å². The number of fused-ring (bicyclic) bond motifs is 1. The molecule has 3 rings (SSSR count). The summed E-state index contributed by atoms with van der Waals surface area (Å²) in [4.78, 5) is 24.6. The lowest BCUT2D eigenvalue weighted by atomic mass is 9.62. The minimum atomic E-state index is -1.11. The van der Waals surface area contributed by atoms with E-state index in [0.29, 0.717) is 6.42 Å². The summed E-state index contributed by atoms with van der Waals surface area (Å²) in [6, 6.07) is 0. The van der Waals surface area contributed by atoms with Crippen LogP contribution in [-0.4, -0.2) is 22.3 Å². The maximum absolute atomic E-state index is 12.4. The van der Waals surface area contributed by atoms with Crippen LogP contribution in [0.2, 0.25) is 0 Å². The van der Waals surface area contributed by atoms with Crippen LogP contribution in [0.5, 0.6) is 0 Å². The number of carbonyl (C=O) groups is 2. The summed E-state index contributed by atoms with van der Waals surface area (Å²) in [6.45, 7) is 5.59. The highest BCUT2D eigenvalue weighted by Gasteiger charge is 2.71. The SMILES string of the molecule is CC1(C)C[C@H]2CC(=O)C3(CC3)[C@@](C)(O)[C@@H]2C1=O. The summed E-state index contributed by atoms with van der Waals surface area (Å²) in [5.41, 5.74) is -2.07. The molecule has 0 unspecified atom stereocenters. The topological polar surface area (TPSA) is 54.4 Å². The molecule has 0 saturated heterocycles. The Labute approximate surface area is 102 Å². The molecule has 3 fully saturated rings. The van der Waals surface area contributed by atoms with Crippen molar-refractivity contribution in [2.45, 2.75) is 52.1 Å². The molecule has 94 valence electrons. The number of rotatable bonds is 0. The first kappa shape index (κ1) is 11.4. The summed E-state index contributed by atoms with van der Waals surface area (Å²) in [7, 11) is 0. The predicted molar refractivity (Wildman–Crippen MR) is 62.3 cm³/mol. The third-order valence-corrected chi connectivity index (χ3v) is 5.50. The number of hydrogen-bond donors (Lipinski definition) is 1. The normalized spacial score (nSPS) is 46.1. The first-order valence-corrected chi connectivity index (χ1v) is 6.52. The highest BCUT2D eigenvalue weighted by Crippen LogP contribution is 2.65. The van der Waals surface area contributed by atoms with Crippen LogP contribution in [0.4, 0.5) is 0 Å². The highest BCUT2D eigenvalue weighted by molar-refractivity contribution is 5.97. The van der Waals surface area contributed by atoms with Crippen LogP contribution in [0.1, 0.15) is 46.5 Å². The molecule has 0 radical (unpaired) electrons. The molecule has 0 heterocycles. The van der Waals surface area contributed by atoms with Crippen LogP contribution < -0.4 is 0 Å². The van der Waals surface area contributed by atoms with Gasteiger partial charge in [0, 0.05) is 11.8 Å². The van der Waals surface area contributed by atoms with E-state index >= 15 is 0 Å². The van der Waals surface area contributed by atoms with Crippen molar-refractivity contribution in [3.8, 4) is 0 Å². The molecule has 17 heavy (non-hydrogen) atoms. The minimum Gasteiger partial charge on any atom is -0.388 e. The molecule has 0 aromatic rings. The van der Waals surface area contributed by atoms with Crippen LogP contribution >= 0.6 is 0 Å². The zero-order valence-corrected chi connectivity index (χ0v) is 10.7. The molecule has 3 aliphatic carbocycles. The van der Waals surface area contributed by atoms with Crippen molar-refractivity contribution in [3.63, 3.8) is 0 Å². The average molecular weight is 236 g/mol. The molecular weight excluding hydrogens is 216 g/mol. The van der Waals surface area contributed by atoms with E-state index in [2.05, 4.69) is 0 Å². The molecule has 3 atom stereocenters. The predicted octanol–water partition coefficient (Wildman–Crippen LogP) is 1.72. The molecule has 0 aromatic heterocycles. The van der Waals surface area contributed by atoms with Crippen LogP contribution in [0, 0.1) is 22.7 Å². The lowest BCUT2D eigenvalue weighted by Crippen LogP contribution is -2.56. The smallest absolute Gasteiger partial charge is 0.144 e. The second kappa shape index (κ2) is 2.82. The number of Topliss-reactive ketones (excluding diaryl/α,β-unsaturated/α-hetero) is 2. The minimum absolute atomic E-state index is 0.0613. The van der Waals surface area contributed by atoms with Gasteiger partial charge in [0.2, 0.25) is 0 Å². The van der Waals surface area contributed by atoms with Gasteiger partial charge in [0.05, 0.1) is 16.9 Å². The van der Waals surface area contributed by atoms with Crippen LogP contribution in [0.3, 0.4) is 0 Å². The molecule has 1 spiro atoms. The lowest BCUT2D eigenvalue weighted by molar-refractivity contribution is -0.159. The molecule has 0 amide bonds. The van der Waals surface area contributed by atoms with Crippen LogP contribution in [0.25, 0.3) is 0 Å². The van der Waals surface area contributed by atoms with Gasteiger partial charge in [0.15, 0.2) is 0 Å². The lowest BCUT2D eigenvalue weighted by Gasteiger charge is -2.44. The van der Waals surface area contributed by atoms with E-state index in [-0.39, 0.29) is 28.8 Å². The molecule has 3 saturated carbocycles. The van der Waals surface area contributed by atoms with E-state index in [9.17, 15) is 14.7 Å². The quantitative estimate of drug-likeness (QED) is 0.696. The van der Waals surface area contributed by atoms with Crippen molar-refractivity contribution in [2.24, 2.45) is 22.7 Å². The fourth-order valence-corrected chi connectivity index (χ4v) is 4.34. The number of hydrogen-bond acceptors (Lipinski definition) is 3.